The molecule has 1 aliphatic heterocycles. The van der Waals surface area contributed by atoms with Crippen molar-refractivity contribution >= 4 is 17.8 Å². The molecule has 8 nitrogen and oxygen atoms in total. The molecule has 2 amide bonds. The highest BCUT2D eigenvalue weighted by atomic mass is 19.3. The summed E-state index contributed by atoms with van der Waals surface area (Å²) >= 11 is 0. The second kappa shape index (κ2) is 10.7. The molecule has 0 unspecified atom stereocenters. The Labute approximate surface area is 184 Å². The zero-order chi connectivity index (χ0) is 23.1. The van der Waals surface area contributed by atoms with Crippen LogP contribution in [0.2, 0.25) is 0 Å². The maximum Gasteiger partial charge on any atom is 0.345 e. The zero-order valence-electron chi connectivity index (χ0n) is 17.2. The van der Waals surface area contributed by atoms with E-state index in [1.165, 1.54) is 12.1 Å². The third kappa shape index (κ3) is 6.01. The average Bonchev–Trinajstić information content (AvgIpc) is 3.21. The van der Waals surface area contributed by atoms with E-state index in [2.05, 4.69) is 14.8 Å². The fourth-order valence-corrected chi connectivity index (χ4v) is 3.34. The fraction of sp³-hybridized carbons (Fsp3) is 0.318. The second-order valence-electron chi connectivity index (χ2n) is 6.96. The second-order valence-corrected chi connectivity index (χ2v) is 6.96. The van der Waals surface area contributed by atoms with Gasteiger partial charge in [0, 0.05) is 20.0 Å². The van der Waals surface area contributed by atoms with E-state index >= 15 is 0 Å². The molecule has 1 saturated heterocycles. The van der Waals surface area contributed by atoms with E-state index in [0.29, 0.717) is 17.1 Å². The minimum absolute atomic E-state index is 0. The van der Waals surface area contributed by atoms with Gasteiger partial charge in [0.15, 0.2) is 0 Å². The summed E-state index contributed by atoms with van der Waals surface area (Å²) in [5.74, 6) is -0.682. The van der Waals surface area contributed by atoms with Crippen molar-refractivity contribution in [2.24, 2.45) is 0 Å². The third-order valence-electron chi connectivity index (χ3n) is 4.85. The van der Waals surface area contributed by atoms with Gasteiger partial charge in [-0.3, -0.25) is 9.59 Å². The smallest absolute Gasteiger partial charge is 0.345 e. The van der Waals surface area contributed by atoms with Crippen molar-refractivity contribution in [1.82, 2.24) is 10.2 Å². The summed E-state index contributed by atoms with van der Waals surface area (Å²) < 4.78 is 39.8. The van der Waals surface area contributed by atoms with Gasteiger partial charge in [0.2, 0.25) is 5.91 Å². The lowest BCUT2D eigenvalue weighted by Gasteiger charge is -2.22. The number of carbonyl (C=O) groups excluding carboxylic acids is 3. The molecular formula is C22H24F2N2O6. The number of nitrogens with zero attached hydrogens (tertiary/aromatic N) is 1. The number of hydrogen-bond donors (Lipinski definition) is 1. The van der Waals surface area contributed by atoms with E-state index in [4.69, 9.17) is 4.74 Å². The minimum Gasteiger partial charge on any atom is -0.467 e. The summed E-state index contributed by atoms with van der Waals surface area (Å²) in [4.78, 5) is 37.9. The predicted molar refractivity (Wildman–Crippen MR) is 110 cm³/mol. The summed E-state index contributed by atoms with van der Waals surface area (Å²) in [5, 5.41) is 2.47. The molecule has 1 fully saturated rings. The molecule has 10 heteroatoms. The molecule has 0 bridgehead atoms. The molecule has 172 valence electrons. The predicted octanol–water partition coefficient (Wildman–Crippen LogP) is 2.84. The molecule has 0 aliphatic carbocycles. The van der Waals surface area contributed by atoms with E-state index < -0.39 is 43.1 Å². The van der Waals surface area contributed by atoms with Crippen LogP contribution in [-0.2, 0) is 19.1 Å². The number of halogens is 2. The molecule has 0 saturated carbocycles. The van der Waals surface area contributed by atoms with E-state index in [9.17, 15) is 23.2 Å². The van der Waals surface area contributed by atoms with Crippen LogP contribution in [0.1, 0.15) is 18.2 Å². The minimum atomic E-state index is -3.03. The molecule has 32 heavy (non-hydrogen) atoms. The summed E-state index contributed by atoms with van der Waals surface area (Å²) in [6, 6.07) is 14.4. The number of benzene rings is 2. The highest BCUT2D eigenvalue weighted by Gasteiger charge is 2.41. The largest absolute Gasteiger partial charge is 0.467 e. The molecule has 1 heterocycles. The third-order valence-corrected chi connectivity index (χ3v) is 4.85. The zero-order valence-corrected chi connectivity index (χ0v) is 17.2. The number of hydrogen-bond acceptors (Lipinski definition) is 6. The van der Waals surface area contributed by atoms with Crippen molar-refractivity contribution in [2.75, 3.05) is 20.2 Å². The van der Waals surface area contributed by atoms with Gasteiger partial charge in [-0.15, -0.1) is 0 Å². The van der Waals surface area contributed by atoms with Crippen LogP contribution < -0.4 is 10.1 Å². The van der Waals surface area contributed by atoms with Crippen molar-refractivity contribution in [2.45, 2.75) is 25.2 Å². The monoisotopic (exact) mass is 450 g/mol. The Kier molecular flexibility index (Phi) is 7.72. The lowest BCUT2D eigenvalue weighted by molar-refractivity contribution is -0.160. The Morgan fingerprint density at radius 3 is 2.38 bits per heavy atom. The van der Waals surface area contributed by atoms with Gasteiger partial charge >= 0.3 is 12.6 Å². The van der Waals surface area contributed by atoms with Crippen LogP contribution >= 0.6 is 0 Å². The molecule has 1 N–H and O–H groups in total. The van der Waals surface area contributed by atoms with E-state index in [0.717, 1.165) is 12.0 Å². The van der Waals surface area contributed by atoms with Gasteiger partial charge in [-0.05, 0) is 36.4 Å². The quantitative estimate of drug-likeness (QED) is 0.622. The first kappa shape index (κ1) is 23.1. The Morgan fingerprint density at radius 2 is 1.75 bits per heavy atom. The van der Waals surface area contributed by atoms with Crippen LogP contribution in [-0.4, -0.2) is 61.6 Å². The number of amides is 2. The van der Waals surface area contributed by atoms with Crippen molar-refractivity contribution < 1.29 is 38.8 Å². The van der Waals surface area contributed by atoms with Gasteiger partial charge < -0.3 is 24.4 Å². The van der Waals surface area contributed by atoms with Crippen LogP contribution in [0.4, 0.5) is 8.78 Å². The van der Waals surface area contributed by atoms with Crippen molar-refractivity contribution in [1.29, 1.82) is 0 Å². The maximum atomic E-state index is 12.5. The number of para-hydroxylation sites is 1. The topological polar surface area (TPSA) is 94.2 Å². The number of rotatable bonds is 8. The van der Waals surface area contributed by atoms with Crippen molar-refractivity contribution in [3.05, 3.63) is 60.2 Å². The highest BCUT2D eigenvalue weighted by Crippen LogP contribution is 2.24. The molecule has 2 aromatic rings. The molecule has 1 aliphatic rings. The van der Waals surface area contributed by atoms with E-state index in [1.54, 1.807) is 24.3 Å². The number of ether oxygens (including phenoxy) is 3. The number of nitrogens with one attached hydrogen (secondary N) is 1. The average molecular weight is 450 g/mol. The number of esters is 1. The first-order valence-electron chi connectivity index (χ1n) is 9.79. The van der Waals surface area contributed by atoms with E-state index in [1.807, 2.05) is 18.2 Å². The molecule has 0 radical (unpaired) electrons. The van der Waals surface area contributed by atoms with Gasteiger partial charge in [-0.1, -0.05) is 18.2 Å². The Morgan fingerprint density at radius 1 is 1.09 bits per heavy atom. The molecule has 2 aromatic carbocycles. The van der Waals surface area contributed by atoms with Gasteiger partial charge in [0.1, 0.15) is 17.5 Å². The Bertz CT molecular complexity index is 946. The SMILES string of the molecule is COC(=O)[C@@H]1C[C@@H](OC(F)F)CN1C(=O)CNC(=O)c1ccc(Oc2ccccc2)cc1.[HH]. The fourth-order valence-electron chi connectivity index (χ4n) is 3.34. The summed E-state index contributed by atoms with van der Waals surface area (Å²) in [6.07, 6.45) is -1.12. The maximum absolute atomic E-state index is 12.5. The van der Waals surface area contributed by atoms with Crippen LogP contribution in [0.5, 0.6) is 11.5 Å². The van der Waals surface area contributed by atoms with E-state index in [-0.39, 0.29) is 14.4 Å². The summed E-state index contributed by atoms with van der Waals surface area (Å²) in [5.41, 5.74) is 0.295. The normalized spacial score (nSPS) is 17.8. The Hall–Kier alpha value is -3.53. The van der Waals surface area contributed by atoms with Crippen LogP contribution in [0.15, 0.2) is 54.6 Å². The Balaban J connectivity index is 0.00000385. The molecular weight excluding hydrogens is 426 g/mol. The molecule has 0 aromatic heterocycles. The van der Waals surface area contributed by atoms with Gasteiger partial charge in [-0.2, -0.15) is 8.78 Å². The lowest BCUT2D eigenvalue weighted by Crippen LogP contribution is -2.46. The number of methoxy groups -OCH3 is 1. The standard InChI is InChI=1S/C22H22F2N2O6.H2/c1-30-21(29)18-11-17(32-22(23)24)13-26(18)19(27)12-25-20(28)14-7-9-16(10-8-14)31-15-5-3-2-4-6-15;/h2-10,17-18,22H,11-13H2,1H3,(H,25,28);1H/t17-,18+;/m1./s1. The lowest BCUT2D eigenvalue weighted by atomic mass is 10.2. The van der Waals surface area contributed by atoms with Crippen molar-refractivity contribution in [3.63, 3.8) is 0 Å². The van der Waals surface area contributed by atoms with Crippen LogP contribution in [0.25, 0.3) is 0 Å². The van der Waals surface area contributed by atoms with Gasteiger partial charge in [0.05, 0.1) is 19.8 Å². The number of carbonyl (C=O) groups is 3. The van der Waals surface area contributed by atoms with Crippen molar-refractivity contribution in [3.8, 4) is 11.5 Å². The van der Waals surface area contributed by atoms with Crippen LogP contribution in [0, 0.1) is 0 Å². The van der Waals surface area contributed by atoms with Crippen LogP contribution in [0.3, 0.4) is 0 Å². The summed E-state index contributed by atoms with van der Waals surface area (Å²) in [6.45, 7) is -3.65. The number of likely N-dealkylation sites (tertiary alicyclic amines) is 1. The van der Waals surface area contributed by atoms with Gasteiger partial charge in [0.25, 0.3) is 5.91 Å². The molecule has 2 atom stereocenters. The molecule has 0 spiro atoms. The first-order valence-corrected chi connectivity index (χ1v) is 9.79. The first-order chi connectivity index (χ1) is 15.4. The molecule has 3 rings (SSSR count). The summed E-state index contributed by atoms with van der Waals surface area (Å²) in [7, 11) is 1.14. The van der Waals surface area contributed by atoms with Gasteiger partial charge in [-0.25, -0.2) is 4.79 Å². The highest BCUT2D eigenvalue weighted by molar-refractivity contribution is 5.97. The number of alkyl halides is 2.